The Labute approximate surface area is 110 Å². The first-order valence-electron chi connectivity index (χ1n) is 4.97. The number of ketones is 1. The molecule has 2 aromatic rings. The standard InChI is InChI=1S/C14H8Cl2O/c15-12-5-1-10(2-6-12)9-14(17)11-3-7-13(16)8-4-11/h1-8H. The van der Waals surface area contributed by atoms with Crippen LogP contribution in [0.15, 0.2) is 48.5 Å². The smallest absolute Gasteiger partial charge is 0.176 e. The summed E-state index contributed by atoms with van der Waals surface area (Å²) in [7, 11) is 0. The molecule has 0 aliphatic carbocycles. The molecule has 0 unspecified atom stereocenters. The van der Waals surface area contributed by atoms with Gasteiger partial charge in [0.2, 0.25) is 0 Å². The molecule has 0 N–H and O–H groups in total. The minimum Gasteiger partial charge on any atom is -0.293 e. The molecular formula is C14H8Cl2O. The van der Waals surface area contributed by atoms with Crippen LogP contribution < -0.4 is 0 Å². The van der Waals surface area contributed by atoms with Gasteiger partial charge < -0.3 is 0 Å². The molecule has 0 spiro atoms. The van der Waals surface area contributed by atoms with Crippen molar-refractivity contribution in [1.29, 1.82) is 0 Å². The van der Waals surface area contributed by atoms with E-state index in [0.29, 0.717) is 21.2 Å². The third kappa shape index (κ3) is 3.32. The number of halogens is 2. The fraction of sp³-hybridized carbons (Fsp3) is 0. The minimum absolute atomic E-state index is 0.177. The van der Waals surface area contributed by atoms with Crippen LogP contribution in [0, 0.1) is 6.42 Å². The zero-order valence-electron chi connectivity index (χ0n) is 8.78. The normalized spacial score (nSPS) is 10.2. The van der Waals surface area contributed by atoms with Crippen molar-refractivity contribution >= 4 is 29.0 Å². The van der Waals surface area contributed by atoms with Crippen molar-refractivity contribution in [2.75, 3.05) is 0 Å². The summed E-state index contributed by atoms with van der Waals surface area (Å²) in [6.07, 6.45) is 2.76. The van der Waals surface area contributed by atoms with Gasteiger partial charge in [-0.15, -0.1) is 0 Å². The monoisotopic (exact) mass is 262 g/mol. The molecule has 3 heteroatoms. The maximum atomic E-state index is 11.8. The molecule has 0 aromatic heterocycles. The second-order valence-electron chi connectivity index (χ2n) is 3.47. The second kappa shape index (κ2) is 5.35. The van der Waals surface area contributed by atoms with E-state index in [4.69, 9.17) is 23.2 Å². The Balaban J connectivity index is 2.11. The van der Waals surface area contributed by atoms with Gasteiger partial charge in [-0.25, -0.2) is 0 Å². The van der Waals surface area contributed by atoms with E-state index in [0.717, 1.165) is 0 Å². The SMILES string of the molecule is O=C([C]c1ccc(Cl)cc1)c1ccc(Cl)cc1. The maximum absolute atomic E-state index is 11.8. The van der Waals surface area contributed by atoms with E-state index in [-0.39, 0.29) is 5.78 Å². The average Bonchev–Trinajstić information content (AvgIpc) is 2.33. The van der Waals surface area contributed by atoms with Crippen molar-refractivity contribution in [2.24, 2.45) is 0 Å². The lowest BCUT2D eigenvalue weighted by molar-refractivity contribution is 0.103. The molecule has 0 amide bonds. The first-order chi connectivity index (χ1) is 8.15. The Morgan fingerprint density at radius 1 is 0.824 bits per heavy atom. The first kappa shape index (κ1) is 12.2. The third-order valence-electron chi connectivity index (χ3n) is 2.21. The second-order valence-corrected chi connectivity index (χ2v) is 4.34. The number of hydrogen-bond acceptors (Lipinski definition) is 1. The highest BCUT2D eigenvalue weighted by molar-refractivity contribution is 6.31. The highest BCUT2D eigenvalue weighted by atomic mass is 35.5. The van der Waals surface area contributed by atoms with Crippen LogP contribution in [0.25, 0.3) is 0 Å². The van der Waals surface area contributed by atoms with Crippen LogP contribution >= 0.6 is 23.2 Å². The van der Waals surface area contributed by atoms with Crippen molar-refractivity contribution in [3.63, 3.8) is 0 Å². The summed E-state index contributed by atoms with van der Waals surface area (Å²) < 4.78 is 0. The number of carbonyl (C=O) groups excluding carboxylic acids is 1. The van der Waals surface area contributed by atoms with E-state index in [1.807, 2.05) is 0 Å². The van der Waals surface area contributed by atoms with E-state index < -0.39 is 0 Å². The first-order valence-corrected chi connectivity index (χ1v) is 5.73. The lowest BCUT2D eigenvalue weighted by Gasteiger charge is -2.01. The number of carbonyl (C=O) groups is 1. The summed E-state index contributed by atoms with van der Waals surface area (Å²) in [6.45, 7) is 0. The highest BCUT2D eigenvalue weighted by Gasteiger charge is 2.08. The van der Waals surface area contributed by atoms with Gasteiger partial charge in [-0.1, -0.05) is 35.3 Å². The fourth-order valence-electron chi connectivity index (χ4n) is 1.34. The average molecular weight is 263 g/mol. The predicted molar refractivity (Wildman–Crippen MR) is 69.6 cm³/mol. The topological polar surface area (TPSA) is 17.1 Å². The Morgan fingerprint density at radius 2 is 1.29 bits per heavy atom. The Kier molecular flexibility index (Phi) is 3.82. The van der Waals surface area contributed by atoms with Crippen LogP contribution in [0.4, 0.5) is 0 Å². The molecule has 0 atom stereocenters. The lowest BCUT2D eigenvalue weighted by Crippen LogP contribution is -2.00. The zero-order valence-corrected chi connectivity index (χ0v) is 10.3. The van der Waals surface area contributed by atoms with Gasteiger partial charge in [0.15, 0.2) is 5.78 Å². The van der Waals surface area contributed by atoms with Gasteiger partial charge in [0.25, 0.3) is 0 Å². The molecule has 0 aliphatic rings. The van der Waals surface area contributed by atoms with Crippen LogP contribution in [-0.2, 0) is 0 Å². The van der Waals surface area contributed by atoms with Crippen LogP contribution in [0.3, 0.4) is 0 Å². The van der Waals surface area contributed by atoms with Crippen LogP contribution in [-0.4, -0.2) is 5.78 Å². The highest BCUT2D eigenvalue weighted by Crippen LogP contribution is 2.15. The van der Waals surface area contributed by atoms with Gasteiger partial charge in [-0.05, 0) is 42.0 Å². The minimum atomic E-state index is -0.177. The molecule has 0 fully saturated rings. The quantitative estimate of drug-likeness (QED) is 0.754. The van der Waals surface area contributed by atoms with Gasteiger partial charge in [0.1, 0.15) is 0 Å². The molecule has 0 bridgehead atoms. The van der Waals surface area contributed by atoms with Crippen LogP contribution in [0.2, 0.25) is 10.0 Å². The molecule has 0 heterocycles. The van der Waals surface area contributed by atoms with Crippen molar-refractivity contribution in [2.45, 2.75) is 0 Å². The number of benzene rings is 2. The molecule has 84 valence electrons. The zero-order chi connectivity index (χ0) is 12.3. The predicted octanol–water partition coefficient (Wildman–Crippen LogP) is 4.31. The summed E-state index contributed by atoms with van der Waals surface area (Å²) in [6, 6.07) is 13.6. The van der Waals surface area contributed by atoms with Crippen molar-refractivity contribution in [1.82, 2.24) is 0 Å². The summed E-state index contributed by atoms with van der Waals surface area (Å²) in [4.78, 5) is 11.8. The Hall–Kier alpha value is -1.31. The van der Waals surface area contributed by atoms with Gasteiger partial charge >= 0.3 is 0 Å². The van der Waals surface area contributed by atoms with Gasteiger partial charge in [-0.2, -0.15) is 0 Å². The third-order valence-corrected chi connectivity index (χ3v) is 2.71. The van der Waals surface area contributed by atoms with Gasteiger partial charge in [0, 0.05) is 15.6 Å². The maximum Gasteiger partial charge on any atom is 0.176 e. The summed E-state index contributed by atoms with van der Waals surface area (Å²) in [5.74, 6) is -0.177. The van der Waals surface area contributed by atoms with E-state index in [1.54, 1.807) is 48.5 Å². The molecule has 2 aromatic carbocycles. The number of rotatable bonds is 3. The van der Waals surface area contributed by atoms with Crippen LogP contribution in [0.1, 0.15) is 15.9 Å². The van der Waals surface area contributed by atoms with E-state index in [2.05, 4.69) is 6.42 Å². The molecular weight excluding hydrogens is 255 g/mol. The summed E-state index contributed by atoms with van der Waals surface area (Å²) in [5, 5.41) is 1.24. The Bertz CT molecular complexity index is 515. The Morgan fingerprint density at radius 3 is 1.82 bits per heavy atom. The van der Waals surface area contributed by atoms with Gasteiger partial charge in [-0.3, -0.25) is 4.79 Å². The van der Waals surface area contributed by atoms with Crippen LogP contribution in [0.5, 0.6) is 0 Å². The lowest BCUT2D eigenvalue weighted by atomic mass is 10.0. The molecule has 2 rings (SSSR count). The molecule has 1 nitrogen and oxygen atoms in total. The molecule has 0 saturated heterocycles. The molecule has 2 radical (unpaired) electrons. The van der Waals surface area contributed by atoms with Crippen molar-refractivity contribution in [3.8, 4) is 0 Å². The number of Topliss-reactive ketones (excluding diaryl/α,β-unsaturated/α-hetero) is 1. The van der Waals surface area contributed by atoms with Crippen molar-refractivity contribution in [3.05, 3.63) is 76.1 Å². The molecule has 0 aliphatic heterocycles. The largest absolute Gasteiger partial charge is 0.293 e. The molecule has 17 heavy (non-hydrogen) atoms. The van der Waals surface area contributed by atoms with E-state index >= 15 is 0 Å². The van der Waals surface area contributed by atoms with E-state index in [9.17, 15) is 4.79 Å². The van der Waals surface area contributed by atoms with Crippen molar-refractivity contribution < 1.29 is 4.79 Å². The summed E-state index contributed by atoms with van der Waals surface area (Å²) >= 11 is 11.5. The number of hydrogen-bond donors (Lipinski definition) is 0. The molecule has 0 saturated carbocycles. The fourth-order valence-corrected chi connectivity index (χ4v) is 1.59. The van der Waals surface area contributed by atoms with Gasteiger partial charge in [0.05, 0.1) is 6.42 Å². The summed E-state index contributed by atoms with van der Waals surface area (Å²) in [5.41, 5.74) is 1.26. The van der Waals surface area contributed by atoms with E-state index in [1.165, 1.54) is 0 Å².